The van der Waals surface area contributed by atoms with Crippen LogP contribution >= 0.6 is 0 Å². The van der Waals surface area contributed by atoms with Gasteiger partial charge in [-0.2, -0.15) is 0 Å². The Labute approximate surface area is 96.0 Å². The van der Waals surface area contributed by atoms with Crippen molar-refractivity contribution < 1.29 is 8.42 Å². The first kappa shape index (κ1) is 11.4. The molecule has 1 saturated carbocycles. The van der Waals surface area contributed by atoms with Crippen LogP contribution in [0.1, 0.15) is 20.3 Å². The van der Waals surface area contributed by atoms with Crippen LogP contribution in [0.25, 0.3) is 0 Å². The standard InChI is InChI=1S/C11H16N2O2S/c1-11(2)7-9(11)13-10-8(16(3,14)15)5-4-6-12-10/h4-6,9H,7H2,1-3H3,(H,12,13). The quantitative estimate of drug-likeness (QED) is 0.873. The molecule has 88 valence electrons. The van der Waals surface area contributed by atoms with Crippen LogP contribution in [0.4, 0.5) is 5.82 Å². The number of aromatic nitrogens is 1. The summed E-state index contributed by atoms with van der Waals surface area (Å²) in [6.45, 7) is 4.29. The third-order valence-electron chi connectivity index (χ3n) is 2.99. The van der Waals surface area contributed by atoms with Crippen molar-refractivity contribution >= 4 is 15.7 Å². The van der Waals surface area contributed by atoms with Gasteiger partial charge in [0.25, 0.3) is 0 Å². The summed E-state index contributed by atoms with van der Waals surface area (Å²) in [7, 11) is -3.21. The number of rotatable bonds is 3. The Kier molecular flexibility index (Phi) is 2.45. The maximum absolute atomic E-state index is 11.5. The number of hydrogen-bond donors (Lipinski definition) is 1. The fourth-order valence-corrected chi connectivity index (χ4v) is 2.47. The van der Waals surface area contributed by atoms with Crippen molar-refractivity contribution in [2.24, 2.45) is 5.41 Å². The first-order valence-corrected chi connectivity index (χ1v) is 7.11. The van der Waals surface area contributed by atoms with Gasteiger partial charge < -0.3 is 5.32 Å². The Balaban J connectivity index is 2.28. The van der Waals surface area contributed by atoms with E-state index in [9.17, 15) is 8.42 Å². The average Bonchev–Trinajstić information content (AvgIpc) is 2.72. The second-order valence-corrected chi connectivity index (χ2v) is 7.00. The molecule has 1 aliphatic rings. The Morgan fingerprint density at radius 3 is 2.62 bits per heavy atom. The summed E-state index contributed by atoms with van der Waals surface area (Å²) in [6.07, 6.45) is 3.85. The van der Waals surface area contributed by atoms with Crippen molar-refractivity contribution in [2.45, 2.75) is 31.2 Å². The molecule has 1 unspecified atom stereocenters. The highest BCUT2D eigenvalue weighted by molar-refractivity contribution is 7.90. The predicted molar refractivity (Wildman–Crippen MR) is 63.2 cm³/mol. The minimum absolute atomic E-state index is 0.242. The molecule has 0 bridgehead atoms. The summed E-state index contributed by atoms with van der Waals surface area (Å²) >= 11 is 0. The topological polar surface area (TPSA) is 59.1 Å². The van der Waals surface area contributed by atoms with Crippen molar-refractivity contribution in [2.75, 3.05) is 11.6 Å². The third-order valence-corrected chi connectivity index (χ3v) is 4.12. The molecule has 0 aromatic carbocycles. The maximum atomic E-state index is 11.5. The number of nitrogens with one attached hydrogen (secondary N) is 1. The summed E-state index contributed by atoms with van der Waals surface area (Å²) in [4.78, 5) is 4.38. The van der Waals surface area contributed by atoms with Crippen molar-refractivity contribution in [3.8, 4) is 0 Å². The molecule has 1 aromatic heterocycles. The lowest BCUT2D eigenvalue weighted by atomic mass is 10.2. The Bertz CT molecular complexity index is 508. The first-order chi connectivity index (χ1) is 7.31. The van der Waals surface area contributed by atoms with E-state index in [0.717, 1.165) is 6.42 Å². The van der Waals surface area contributed by atoms with Crippen LogP contribution in [0.2, 0.25) is 0 Å². The van der Waals surface area contributed by atoms with Crippen LogP contribution in [0.3, 0.4) is 0 Å². The van der Waals surface area contributed by atoms with Gasteiger partial charge in [-0.25, -0.2) is 13.4 Å². The summed E-state index contributed by atoms with van der Waals surface area (Å²) < 4.78 is 23.1. The molecule has 1 atom stereocenters. The Hall–Kier alpha value is -1.10. The van der Waals surface area contributed by atoms with E-state index in [2.05, 4.69) is 24.1 Å². The molecular weight excluding hydrogens is 224 g/mol. The molecular formula is C11H16N2O2S. The SMILES string of the molecule is CC1(C)CC1Nc1ncccc1S(C)(=O)=O. The normalized spacial score (nSPS) is 22.8. The number of sulfone groups is 1. The molecule has 16 heavy (non-hydrogen) atoms. The number of hydrogen-bond acceptors (Lipinski definition) is 4. The number of pyridine rings is 1. The van der Waals surface area contributed by atoms with E-state index in [-0.39, 0.29) is 10.3 Å². The monoisotopic (exact) mass is 240 g/mol. The van der Waals surface area contributed by atoms with E-state index < -0.39 is 9.84 Å². The van der Waals surface area contributed by atoms with Crippen molar-refractivity contribution in [3.63, 3.8) is 0 Å². The minimum atomic E-state index is -3.21. The lowest BCUT2D eigenvalue weighted by Gasteiger charge is -2.10. The zero-order chi connectivity index (χ0) is 12.0. The molecule has 1 aromatic rings. The molecule has 0 amide bonds. The number of nitrogens with zero attached hydrogens (tertiary/aromatic N) is 1. The second-order valence-electron chi connectivity index (χ2n) is 5.01. The third kappa shape index (κ3) is 2.19. The van der Waals surface area contributed by atoms with Gasteiger partial charge in [0.15, 0.2) is 9.84 Å². The minimum Gasteiger partial charge on any atom is -0.366 e. The molecule has 0 spiro atoms. The highest BCUT2D eigenvalue weighted by atomic mass is 32.2. The van der Waals surface area contributed by atoms with Gasteiger partial charge in [0.05, 0.1) is 0 Å². The van der Waals surface area contributed by atoms with Gasteiger partial charge in [-0.3, -0.25) is 0 Å². The van der Waals surface area contributed by atoms with Crippen LogP contribution in [-0.4, -0.2) is 25.7 Å². The fourth-order valence-electron chi connectivity index (χ4n) is 1.68. The smallest absolute Gasteiger partial charge is 0.179 e. The van der Waals surface area contributed by atoms with Crippen LogP contribution in [-0.2, 0) is 9.84 Å². The van der Waals surface area contributed by atoms with Crippen LogP contribution < -0.4 is 5.32 Å². The van der Waals surface area contributed by atoms with Crippen LogP contribution in [0.5, 0.6) is 0 Å². The summed E-state index contributed by atoms with van der Waals surface area (Å²) in [6, 6.07) is 3.54. The predicted octanol–water partition coefficient (Wildman–Crippen LogP) is 1.70. The summed E-state index contributed by atoms with van der Waals surface area (Å²) in [5, 5.41) is 3.19. The molecule has 0 saturated heterocycles. The average molecular weight is 240 g/mol. The summed E-state index contributed by atoms with van der Waals surface area (Å²) in [5.41, 5.74) is 0.242. The van der Waals surface area contributed by atoms with Crippen molar-refractivity contribution in [3.05, 3.63) is 18.3 Å². The van der Waals surface area contributed by atoms with Gasteiger partial charge in [-0.15, -0.1) is 0 Å². The van der Waals surface area contributed by atoms with Gasteiger partial charge >= 0.3 is 0 Å². The summed E-state index contributed by atoms with van der Waals surface area (Å²) in [5.74, 6) is 0.473. The molecule has 1 heterocycles. The first-order valence-electron chi connectivity index (χ1n) is 5.22. The van der Waals surface area contributed by atoms with Gasteiger partial charge in [0, 0.05) is 18.5 Å². The zero-order valence-electron chi connectivity index (χ0n) is 9.69. The van der Waals surface area contributed by atoms with Gasteiger partial charge in [0.2, 0.25) is 0 Å². The highest BCUT2D eigenvalue weighted by Gasteiger charge is 2.46. The van der Waals surface area contributed by atoms with Crippen LogP contribution in [0, 0.1) is 5.41 Å². The highest BCUT2D eigenvalue weighted by Crippen LogP contribution is 2.46. The molecule has 1 aliphatic carbocycles. The van der Waals surface area contributed by atoms with E-state index >= 15 is 0 Å². The molecule has 1 N–H and O–H groups in total. The zero-order valence-corrected chi connectivity index (χ0v) is 10.5. The van der Waals surface area contributed by atoms with Crippen molar-refractivity contribution in [1.29, 1.82) is 0 Å². The second kappa shape index (κ2) is 3.45. The fraction of sp³-hybridized carbons (Fsp3) is 0.545. The van der Waals surface area contributed by atoms with Crippen molar-refractivity contribution in [1.82, 2.24) is 4.98 Å². The lowest BCUT2D eigenvalue weighted by molar-refractivity contribution is 0.601. The van der Waals surface area contributed by atoms with E-state index in [1.165, 1.54) is 6.26 Å². The molecule has 0 aliphatic heterocycles. The molecule has 1 fully saturated rings. The van der Waals surface area contributed by atoms with Gasteiger partial charge in [-0.1, -0.05) is 13.8 Å². The van der Waals surface area contributed by atoms with E-state index in [1.807, 2.05) is 0 Å². The Morgan fingerprint density at radius 1 is 1.50 bits per heavy atom. The van der Waals surface area contributed by atoms with E-state index in [4.69, 9.17) is 0 Å². The number of anilines is 1. The largest absolute Gasteiger partial charge is 0.366 e. The molecule has 4 nitrogen and oxygen atoms in total. The van der Waals surface area contributed by atoms with E-state index in [1.54, 1.807) is 18.3 Å². The van der Waals surface area contributed by atoms with Gasteiger partial charge in [-0.05, 0) is 24.0 Å². The van der Waals surface area contributed by atoms with E-state index in [0.29, 0.717) is 11.9 Å². The lowest BCUT2D eigenvalue weighted by Crippen LogP contribution is -2.13. The Morgan fingerprint density at radius 2 is 2.12 bits per heavy atom. The van der Waals surface area contributed by atoms with Crippen LogP contribution in [0.15, 0.2) is 23.2 Å². The van der Waals surface area contributed by atoms with Gasteiger partial charge in [0.1, 0.15) is 10.7 Å². The molecule has 2 rings (SSSR count). The molecule has 5 heteroatoms. The molecule has 0 radical (unpaired) electrons. The maximum Gasteiger partial charge on any atom is 0.179 e.